The Bertz CT molecular complexity index is 1110. The molecule has 0 bridgehead atoms. The fourth-order valence-electron chi connectivity index (χ4n) is 4.52. The number of fused-ring (bicyclic) bond motifs is 5. The molecule has 2 aliphatic rings. The Morgan fingerprint density at radius 2 is 1.75 bits per heavy atom. The van der Waals surface area contributed by atoms with E-state index in [1.54, 1.807) is 0 Å². The van der Waals surface area contributed by atoms with Crippen LogP contribution in [0.5, 0.6) is 5.75 Å². The Hall–Kier alpha value is -2.71. The van der Waals surface area contributed by atoms with Crippen molar-refractivity contribution < 1.29 is 4.74 Å². The van der Waals surface area contributed by atoms with Gasteiger partial charge >= 0.3 is 0 Å². The minimum Gasteiger partial charge on any atom is -0.480 e. The number of hydrogen-bond acceptors (Lipinski definition) is 2. The van der Waals surface area contributed by atoms with E-state index < -0.39 is 0 Å². The van der Waals surface area contributed by atoms with Crippen molar-refractivity contribution in [2.24, 2.45) is 0 Å². The van der Waals surface area contributed by atoms with Gasteiger partial charge in [0.05, 0.1) is 5.54 Å². The predicted octanol–water partition coefficient (Wildman–Crippen LogP) is 7.10. The monoisotopic (exact) mass is 387 g/mol. The van der Waals surface area contributed by atoms with Crippen molar-refractivity contribution in [2.45, 2.75) is 32.4 Å². The van der Waals surface area contributed by atoms with Crippen LogP contribution in [0.25, 0.3) is 16.7 Å². The smallest absolute Gasteiger partial charge is 0.150 e. The average molecular weight is 388 g/mol. The maximum absolute atomic E-state index is 6.55. The van der Waals surface area contributed by atoms with E-state index in [9.17, 15) is 0 Å². The van der Waals surface area contributed by atoms with Crippen molar-refractivity contribution in [1.82, 2.24) is 0 Å². The summed E-state index contributed by atoms with van der Waals surface area (Å²) < 4.78 is 6.55. The molecule has 140 valence electrons. The van der Waals surface area contributed by atoms with Gasteiger partial charge in [-0.3, -0.25) is 0 Å². The van der Waals surface area contributed by atoms with Crippen LogP contribution in [0.1, 0.15) is 43.6 Å². The lowest BCUT2D eigenvalue weighted by atomic mass is 9.80. The second-order valence-electron chi connectivity index (χ2n) is 8.17. The molecule has 1 atom stereocenters. The molecular weight excluding hydrogens is 366 g/mol. The molecule has 2 nitrogen and oxygen atoms in total. The van der Waals surface area contributed by atoms with Crippen LogP contribution in [-0.4, -0.2) is 5.54 Å². The van der Waals surface area contributed by atoms with Gasteiger partial charge in [-0.05, 0) is 61.7 Å². The Kier molecular flexibility index (Phi) is 3.82. The van der Waals surface area contributed by atoms with Crippen molar-refractivity contribution in [3.8, 4) is 16.9 Å². The topological polar surface area (TPSA) is 21.3 Å². The number of ether oxygens (including phenoxy) is 1. The van der Waals surface area contributed by atoms with Gasteiger partial charge < -0.3 is 10.1 Å². The van der Waals surface area contributed by atoms with E-state index in [1.165, 1.54) is 22.3 Å². The van der Waals surface area contributed by atoms with Crippen molar-refractivity contribution in [3.63, 3.8) is 0 Å². The number of rotatable bonds is 1. The Morgan fingerprint density at radius 3 is 2.54 bits per heavy atom. The largest absolute Gasteiger partial charge is 0.480 e. The molecule has 0 saturated carbocycles. The van der Waals surface area contributed by atoms with Crippen molar-refractivity contribution in [1.29, 1.82) is 0 Å². The van der Waals surface area contributed by atoms with Gasteiger partial charge in [0, 0.05) is 27.4 Å². The third-order valence-corrected chi connectivity index (χ3v) is 5.75. The van der Waals surface area contributed by atoms with Crippen molar-refractivity contribution in [3.05, 3.63) is 88.5 Å². The number of halogens is 1. The molecular formula is C25H22ClNO. The summed E-state index contributed by atoms with van der Waals surface area (Å²) in [5, 5.41) is 4.38. The average Bonchev–Trinajstić information content (AvgIpc) is 2.66. The molecule has 28 heavy (non-hydrogen) atoms. The number of hydrogen-bond donors (Lipinski definition) is 1. The minimum absolute atomic E-state index is 0.0791. The molecule has 0 unspecified atom stereocenters. The Morgan fingerprint density at radius 1 is 0.964 bits per heavy atom. The van der Waals surface area contributed by atoms with E-state index in [0.29, 0.717) is 0 Å². The summed E-state index contributed by atoms with van der Waals surface area (Å²) in [6, 6.07) is 20.7. The quantitative estimate of drug-likeness (QED) is 0.481. The molecule has 0 amide bonds. The SMILES string of the molecule is CC1=CC(C)(C)Nc2ccc3c(c21)[C@@H](c1ccccc1)Oc1ccc(Cl)cc1-3. The highest BCUT2D eigenvalue weighted by molar-refractivity contribution is 6.31. The highest BCUT2D eigenvalue weighted by Crippen LogP contribution is 2.51. The van der Waals surface area contributed by atoms with Gasteiger partial charge in [-0.2, -0.15) is 0 Å². The molecule has 0 saturated heterocycles. The van der Waals surface area contributed by atoms with Crippen LogP contribution in [0.2, 0.25) is 5.02 Å². The molecule has 0 aliphatic carbocycles. The van der Waals surface area contributed by atoms with E-state index in [0.717, 1.165) is 27.6 Å². The Labute approximate surface area is 170 Å². The van der Waals surface area contributed by atoms with Crippen LogP contribution < -0.4 is 10.1 Å². The highest BCUT2D eigenvalue weighted by atomic mass is 35.5. The lowest BCUT2D eigenvalue weighted by Crippen LogP contribution is -2.32. The van der Waals surface area contributed by atoms with Crippen molar-refractivity contribution in [2.75, 3.05) is 5.32 Å². The molecule has 2 heterocycles. The van der Waals surface area contributed by atoms with Crippen LogP contribution in [0.15, 0.2) is 66.7 Å². The van der Waals surface area contributed by atoms with E-state index >= 15 is 0 Å². The molecule has 5 rings (SSSR count). The van der Waals surface area contributed by atoms with Crippen LogP contribution in [-0.2, 0) is 0 Å². The molecule has 0 aromatic heterocycles. The Balaban J connectivity index is 1.82. The molecule has 3 heteroatoms. The van der Waals surface area contributed by atoms with Crippen LogP contribution in [0, 0.1) is 0 Å². The standard InChI is InChI=1S/C25H22ClNO/c1-15-14-25(2,3)27-20-11-10-18-19-13-17(26)9-12-21(19)28-24(23(18)22(15)20)16-7-5-4-6-8-16/h4-14,24,27H,1-3H3/t24-/m1/s1. The predicted molar refractivity (Wildman–Crippen MR) is 117 cm³/mol. The molecule has 0 fully saturated rings. The summed E-state index contributed by atoms with van der Waals surface area (Å²) in [5.74, 6) is 0.872. The second-order valence-corrected chi connectivity index (χ2v) is 8.61. The summed E-state index contributed by atoms with van der Waals surface area (Å²) in [5.41, 5.74) is 8.16. The first kappa shape index (κ1) is 17.4. The van der Waals surface area contributed by atoms with Gasteiger partial charge in [0.25, 0.3) is 0 Å². The zero-order valence-corrected chi connectivity index (χ0v) is 17.0. The first-order valence-corrected chi connectivity index (χ1v) is 9.97. The van der Waals surface area contributed by atoms with Gasteiger partial charge in [0.1, 0.15) is 5.75 Å². The van der Waals surface area contributed by atoms with Gasteiger partial charge in [-0.25, -0.2) is 0 Å². The number of benzene rings is 3. The normalized spacial score (nSPS) is 18.7. The van der Waals surface area contributed by atoms with Crippen LogP contribution >= 0.6 is 11.6 Å². The number of allylic oxidation sites excluding steroid dienone is 1. The van der Waals surface area contributed by atoms with Gasteiger partial charge in [0.2, 0.25) is 0 Å². The summed E-state index contributed by atoms with van der Waals surface area (Å²) in [6.45, 7) is 6.58. The first-order valence-electron chi connectivity index (χ1n) is 9.59. The summed E-state index contributed by atoms with van der Waals surface area (Å²) in [4.78, 5) is 0. The first-order chi connectivity index (χ1) is 13.4. The maximum Gasteiger partial charge on any atom is 0.150 e. The molecule has 0 radical (unpaired) electrons. The lowest BCUT2D eigenvalue weighted by molar-refractivity contribution is 0.243. The number of anilines is 1. The lowest BCUT2D eigenvalue weighted by Gasteiger charge is -2.37. The summed E-state index contributed by atoms with van der Waals surface area (Å²) in [6.07, 6.45) is 2.14. The maximum atomic E-state index is 6.55. The van der Waals surface area contributed by atoms with Gasteiger partial charge in [-0.1, -0.05) is 54.1 Å². The van der Waals surface area contributed by atoms with Gasteiger partial charge in [0.15, 0.2) is 6.10 Å². The van der Waals surface area contributed by atoms with Crippen LogP contribution in [0.4, 0.5) is 5.69 Å². The van der Waals surface area contributed by atoms with E-state index in [1.807, 2.05) is 24.3 Å². The molecule has 1 N–H and O–H groups in total. The highest BCUT2D eigenvalue weighted by Gasteiger charge is 2.34. The number of nitrogens with one attached hydrogen (secondary N) is 1. The van der Waals surface area contributed by atoms with E-state index in [2.05, 4.69) is 68.6 Å². The fourth-order valence-corrected chi connectivity index (χ4v) is 4.69. The third kappa shape index (κ3) is 2.71. The zero-order valence-electron chi connectivity index (χ0n) is 16.2. The second kappa shape index (κ2) is 6.15. The van der Waals surface area contributed by atoms with Crippen molar-refractivity contribution >= 4 is 22.9 Å². The van der Waals surface area contributed by atoms with E-state index in [-0.39, 0.29) is 11.6 Å². The summed E-state index contributed by atoms with van der Waals surface area (Å²) in [7, 11) is 0. The third-order valence-electron chi connectivity index (χ3n) is 5.52. The van der Waals surface area contributed by atoms with Crippen LogP contribution in [0.3, 0.4) is 0 Å². The fraction of sp³-hybridized carbons (Fsp3) is 0.200. The van der Waals surface area contributed by atoms with E-state index in [4.69, 9.17) is 16.3 Å². The molecule has 3 aromatic rings. The van der Waals surface area contributed by atoms with Gasteiger partial charge in [-0.15, -0.1) is 0 Å². The molecule has 0 spiro atoms. The minimum atomic E-state index is -0.161. The molecule has 2 aliphatic heterocycles. The zero-order chi connectivity index (χ0) is 19.5. The summed E-state index contributed by atoms with van der Waals surface area (Å²) >= 11 is 6.33. The molecule has 3 aromatic carbocycles.